The van der Waals surface area contributed by atoms with Crippen LogP contribution in [0.25, 0.3) is 0 Å². The molecule has 0 N–H and O–H groups in total. The van der Waals surface area contributed by atoms with Gasteiger partial charge in [-0.25, -0.2) is 0 Å². The average Bonchev–Trinajstić information content (AvgIpc) is 2.50. The lowest BCUT2D eigenvalue weighted by molar-refractivity contribution is 0.418. The third-order valence-corrected chi connectivity index (χ3v) is 5.33. The molecular weight excluding hydrogens is 355 g/mol. The average molecular weight is 389 g/mol. The summed E-state index contributed by atoms with van der Waals surface area (Å²) < 4.78 is 0. The van der Waals surface area contributed by atoms with Crippen LogP contribution in [0.2, 0.25) is 0 Å². The lowest BCUT2D eigenvalue weighted by atomic mass is 9.89. The minimum Gasteiger partial charge on any atom is -0.269 e. The smallest absolute Gasteiger partial charge is 0.0118 e. The van der Waals surface area contributed by atoms with Gasteiger partial charge in [0.25, 0.3) is 0 Å². The first-order valence-corrected chi connectivity index (χ1v) is 9.12. The maximum absolute atomic E-state index is 2.50. The topological polar surface area (TPSA) is 0 Å². The largest absolute Gasteiger partial charge is 0.269 e. The zero-order valence-electron chi connectivity index (χ0n) is 14.9. The molecule has 1 aliphatic rings. The van der Waals surface area contributed by atoms with Crippen molar-refractivity contribution in [3.05, 3.63) is 41.3 Å². The van der Waals surface area contributed by atoms with Crippen molar-refractivity contribution in [1.82, 2.24) is 0 Å². The van der Waals surface area contributed by atoms with Gasteiger partial charge in [-0.1, -0.05) is 81.5 Å². The van der Waals surface area contributed by atoms with Crippen LogP contribution < -0.4 is 0 Å². The van der Waals surface area contributed by atoms with E-state index >= 15 is 0 Å². The number of halogens is 5. The minimum absolute atomic E-state index is 0. The first kappa shape index (κ1) is 31.7. The molecule has 0 aliphatic heterocycles. The number of thioether (sulfide) groups is 1. The molecule has 0 amide bonds. The van der Waals surface area contributed by atoms with Gasteiger partial charge in [-0.05, 0) is 42.2 Å². The maximum atomic E-state index is 2.50. The summed E-state index contributed by atoms with van der Waals surface area (Å²) in [7, 11) is 0. The predicted octanol–water partition coefficient (Wildman–Crippen LogP) is 7.59. The molecule has 1 aliphatic carbocycles. The van der Waals surface area contributed by atoms with Gasteiger partial charge in [0, 0.05) is 4.90 Å². The fraction of sp³-hybridized carbons (Fsp3) is 0.579. The Labute approximate surface area is 152 Å². The lowest BCUT2D eigenvalue weighted by Gasteiger charge is -2.21. The molecule has 150 valence electrons. The van der Waals surface area contributed by atoms with Gasteiger partial charge in [0.2, 0.25) is 0 Å². The van der Waals surface area contributed by atoms with Crippen LogP contribution in [0, 0.1) is 5.92 Å². The van der Waals surface area contributed by atoms with Gasteiger partial charge < -0.3 is 0 Å². The summed E-state index contributed by atoms with van der Waals surface area (Å²) in [5.74, 6) is 0.955. The summed E-state index contributed by atoms with van der Waals surface area (Å²) >= 11 is 1.96. The highest BCUT2D eigenvalue weighted by Crippen LogP contribution is 2.36. The van der Waals surface area contributed by atoms with E-state index in [9.17, 15) is 0 Å². The second-order valence-electron chi connectivity index (χ2n) is 5.93. The fourth-order valence-electron chi connectivity index (χ4n) is 2.90. The van der Waals surface area contributed by atoms with Crippen molar-refractivity contribution in [1.29, 1.82) is 0 Å². The molecule has 1 unspecified atom stereocenters. The highest BCUT2D eigenvalue weighted by Gasteiger charge is 2.14. The van der Waals surface area contributed by atoms with E-state index < -0.39 is 0 Å². The van der Waals surface area contributed by atoms with Gasteiger partial charge in [0.05, 0.1) is 0 Å². The number of hydrogen-bond donors (Lipinski definition) is 0. The number of allylic oxidation sites excluding steroid dienone is 2. The SMILES string of the molecule is CCCCCCCC1CC=C(Sc2ccccc2)CC1.F.F.F.F.F. The van der Waals surface area contributed by atoms with Crippen LogP contribution in [-0.4, -0.2) is 0 Å². The number of rotatable bonds is 8. The summed E-state index contributed by atoms with van der Waals surface area (Å²) in [6.07, 6.45) is 15.0. The monoisotopic (exact) mass is 388 g/mol. The van der Waals surface area contributed by atoms with Gasteiger partial charge in [0.1, 0.15) is 0 Å². The van der Waals surface area contributed by atoms with Crippen LogP contribution >= 0.6 is 11.8 Å². The quantitative estimate of drug-likeness (QED) is 0.326. The zero-order valence-corrected chi connectivity index (χ0v) is 15.7. The first-order valence-electron chi connectivity index (χ1n) is 8.30. The fourth-order valence-corrected chi connectivity index (χ4v) is 3.89. The highest BCUT2D eigenvalue weighted by atomic mass is 32.2. The molecule has 2 rings (SSSR count). The Kier molecular flexibility index (Phi) is 24.5. The van der Waals surface area contributed by atoms with Gasteiger partial charge in [-0.15, -0.1) is 0 Å². The zero-order chi connectivity index (χ0) is 14.0. The van der Waals surface area contributed by atoms with E-state index in [-0.39, 0.29) is 23.5 Å². The van der Waals surface area contributed by atoms with E-state index in [1.54, 1.807) is 4.91 Å². The van der Waals surface area contributed by atoms with Crippen LogP contribution in [0.3, 0.4) is 0 Å². The van der Waals surface area contributed by atoms with E-state index in [0.29, 0.717) is 0 Å². The van der Waals surface area contributed by atoms with Crippen molar-refractivity contribution in [3.63, 3.8) is 0 Å². The van der Waals surface area contributed by atoms with E-state index in [1.807, 2.05) is 11.8 Å². The molecule has 0 radical (unpaired) electrons. The van der Waals surface area contributed by atoms with Crippen molar-refractivity contribution in [2.45, 2.75) is 69.6 Å². The van der Waals surface area contributed by atoms with Crippen molar-refractivity contribution in [2.24, 2.45) is 5.92 Å². The Hall–Kier alpha value is -1.04. The van der Waals surface area contributed by atoms with Gasteiger partial charge in [0.15, 0.2) is 0 Å². The second-order valence-corrected chi connectivity index (χ2v) is 7.13. The summed E-state index contributed by atoms with van der Waals surface area (Å²) in [4.78, 5) is 2.97. The van der Waals surface area contributed by atoms with E-state index in [0.717, 1.165) is 5.92 Å². The molecule has 25 heavy (non-hydrogen) atoms. The molecule has 0 bridgehead atoms. The van der Waals surface area contributed by atoms with Gasteiger partial charge in [-0.2, -0.15) is 0 Å². The third-order valence-electron chi connectivity index (χ3n) is 4.19. The van der Waals surface area contributed by atoms with Crippen molar-refractivity contribution in [2.75, 3.05) is 0 Å². The van der Waals surface area contributed by atoms with Gasteiger partial charge >= 0.3 is 0 Å². The van der Waals surface area contributed by atoms with Crippen LogP contribution in [0.15, 0.2) is 46.2 Å². The maximum Gasteiger partial charge on any atom is 0.0118 e. The lowest BCUT2D eigenvalue weighted by Crippen LogP contribution is -2.04. The Morgan fingerprint density at radius 3 is 2.08 bits per heavy atom. The molecule has 1 aromatic rings. The molecule has 0 saturated carbocycles. The van der Waals surface area contributed by atoms with Gasteiger partial charge in [-0.3, -0.25) is 23.5 Å². The number of unbranched alkanes of at least 4 members (excludes halogenated alkanes) is 4. The van der Waals surface area contributed by atoms with Crippen LogP contribution in [-0.2, 0) is 0 Å². The van der Waals surface area contributed by atoms with E-state index in [4.69, 9.17) is 0 Å². The summed E-state index contributed by atoms with van der Waals surface area (Å²) in [6, 6.07) is 10.8. The Balaban J connectivity index is -0.000000441. The highest BCUT2D eigenvalue weighted by molar-refractivity contribution is 8.03. The molecule has 1 atom stereocenters. The van der Waals surface area contributed by atoms with E-state index in [2.05, 4.69) is 43.3 Å². The Bertz CT molecular complexity index is 412. The number of benzene rings is 1. The van der Waals surface area contributed by atoms with E-state index in [1.165, 1.54) is 62.7 Å². The number of hydrogen-bond acceptors (Lipinski definition) is 1. The van der Waals surface area contributed by atoms with Crippen molar-refractivity contribution in [3.8, 4) is 0 Å². The van der Waals surface area contributed by atoms with Crippen molar-refractivity contribution < 1.29 is 23.5 Å². The molecule has 6 heteroatoms. The standard InChI is InChI=1S/C19H28S.5FH/c1-2-3-4-5-7-10-17-13-15-19(16-14-17)20-18-11-8-6-9-12-18;;;;;/h6,8-9,11-12,15,17H,2-5,7,10,13-14,16H2,1H3;5*1H. The van der Waals surface area contributed by atoms with Crippen LogP contribution in [0.4, 0.5) is 23.5 Å². The molecule has 0 heterocycles. The molecule has 0 aromatic heterocycles. The van der Waals surface area contributed by atoms with Crippen LogP contribution in [0.5, 0.6) is 0 Å². The first-order chi connectivity index (χ1) is 9.88. The van der Waals surface area contributed by atoms with Crippen LogP contribution in [0.1, 0.15) is 64.7 Å². The normalized spacial score (nSPS) is 15.1. The third kappa shape index (κ3) is 12.9. The minimum atomic E-state index is 0. The molecule has 1 aromatic carbocycles. The Morgan fingerprint density at radius 2 is 1.52 bits per heavy atom. The molecule has 0 spiro atoms. The summed E-state index contributed by atoms with van der Waals surface area (Å²) in [5.41, 5.74) is 0. The molecular formula is C19H33F5S. The Morgan fingerprint density at radius 1 is 0.880 bits per heavy atom. The summed E-state index contributed by atoms with van der Waals surface area (Å²) in [6.45, 7) is 2.29. The predicted molar refractivity (Wildman–Crippen MR) is 104 cm³/mol. The molecule has 0 fully saturated rings. The van der Waals surface area contributed by atoms with Crippen molar-refractivity contribution >= 4 is 11.8 Å². The summed E-state index contributed by atoms with van der Waals surface area (Å²) in [5, 5.41) is 0. The second kappa shape index (κ2) is 19.3. The molecule has 0 saturated heterocycles. The molecule has 0 nitrogen and oxygen atoms in total.